The fourth-order valence-corrected chi connectivity index (χ4v) is 3.31. The van der Waals surface area contributed by atoms with E-state index in [1.807, 2.05) is 24.3 Å². The van der Waals surface area contributed by atoms with E-state index in [9.17, 15) is 4.79 Å². The number of para-hydroxylation sites is 2. The van der Waals surface area contributed by atoms with Gasteiger partial charge in [0.25, 0.3) is 0 Å². The van der Waals surface area contributed by atoms with Crippen LogP contribution in [0.15, 0.2) is 30.5 Å². The van der Waals surface area contributed by atoms with Crippen LogP contribution in [0.2, 0.25) is 0 Å². The van der Waals surface area contributed by atoms with Gasteiger partial charge in [0.1, 0.15) is 0 Å². The molecule has 0 spiro atoms. The first-order valence-corrected chi connectivity index (χ1v) is 9.18. The molecule has 1 aliphatic rings. The van der Waals surface area contributed by atoms with Gasteiger partial charge in [-0.2, -0.15) is 0 Å². The van der Waals surface area contributed by atoms with E-state index in [-0.39, 0.29) is 12.6 Å². The van der Waals surface area contributed by atoms with Crippen LogP contribution in [0.25, 0.3) is 11.0 Å². The molecule has 1 aromatic carbocycles. The van der Waals surface area contributed by atoms with Crippen LogP contribution < -0.4 is 5.32 Å². The van der Waals surface area contributed by atoms with E-state index in [4.69, 9.17) is 5.11 Å². The number of hydrogen-bond donors (Lipinski definition) is 2. The summed E-state index contributed by atoms with van der Waals surface area (Å²) < 4.78 is 0. The second-order valence-corrected chi connectivity index (χ2v) is 6.90. The number of aliphatic hydroxyl groups excluding tert-OH is 1. The Balaban J connectivity index is 1.45. The molecule has 1 aliphatic heterocycles. The number of urea groups is 1. The molecule has 1 aromatic heterocycles. The molecule has 3 rings (SSSR count). The largest absolute Gasteiger partial charge is 0.395 e. The normalized spacial score (nSPS) is 15.9. The number of hydrogen-bond acceptors (Lipinski definition) is 5. The molecule has 2 aromatic rings. The van der Waals surface area contributed by atoms with Crippen LogP contribution in [-0.2, 0) is 6.54 Å². The zero-order chi connectivity index (χ0) is 18.4. The summed E-state index contributed by atoms with van der Waals surface area (Å²) in [7, 11) is 1.77. The van der Waals surface area contributed by atoms with Crippen molar-refractivity contribution in [1.82, 2.24) is 25.1 Å². The molecule has 2 heterocycles. The molecule has 26 heavy (non-hydrogen) atoms. The Kier molecular flexibility index (Phi) is 6.35. The van der Waals surface area contributed by atoms with E-state index in [1.165, 1.54) is 0 Å². The third-order valence-electron chi connectivity index (χ3n) is 4.91. The number of benzene rings is 1. The number of rotatable bonds is 6. The molecule has 0 unspecified atom stereocenters. The fraction of sp³-hybridized carbons (Fsp3) is 0.526. The van der Waals surface area contributed by atoms with Crippen LogP contribution >= 0.6 is 0 Å². The van der Waals surface area contributed by atoms with E-state index in [0.717, 1.165) is 49.2 Å². The van der Waals surface area contributed by atoms with Gasteiger partial charge in [-0.25, -0.2) is 9.78 Å². The lowest BCUT2D eigenvalue weighted by atomic mass is 9.97. The molecule has 2 N–H and O–H groups in total. The van der Waals surface area contributed by atoms with Crippen molar-refractivity contribution in [2.24, 2.45) is 5.92 Å². The number of aromatic nitrogens is 2. The van der Waals surface area contributed by atoms with Crippen LogP contribution in [-0.4, -0.2) is 70.7 Å². The maximum absolute atomic E-state index is 12.3. The summed E-state index contributed by atoms with van der Waals surface area (Å²) >= 11 is 0. The molecule has 0 atom stereocenters. The molecule has 0 bridgehead atoms. The Hall–Kier alpha value is -2.25. The third kappa shape index (κ3) is 4.89. The first-order valence-electron chi connectivity index (χ1n) is 9.18. The minimum Gasteiger partial charge on any atom is -0.395 e. The zero-order valence-corrected chi connectivity index (χ0v) is 15.3. The van der Waals surface area contributed by atoms with Crippen molar-refractivity contribution in [3.63, 3.8) is 0 Å². The molecule has 1 saturated heterocycles. The number of β-amino-alcohol motifs (C(OH)–C–C–N with tert-alkyl or cyclic N) is 1. The summed E-state index contributed by atoms with van der Waals surface area (Å²) in [5.41, 5.74) is 2.48. The van der Waals surface area contributed by atoms with Crippen molar-refractivity contribution in [3.8, 4) is 0 Å². The zero-order valence-electron chi connectivity index (χ0n) is 15.3. The SMILES string of the molecule is CN(Cc1cnc2ccccc2n1)C(=O)NCC1CCN(CCO)CC1. The molecule has 140 valence electrons. The number of fused-ring (bicyclic) bond motifs is 1. The molecule has 1 fully saturated rings. The maximum Gasteiger partial charge on any atom is 0.317 e. The van der Waals surface area contributed by atoms with Gasteiger partial charge in [0.2, 0.25) is 0 Å². The Bertz CT molecular complexity index is 731. The van der Waals surface area contributed by atoms with Crippen molar-refractivity contribution >= 4 is 17.1 Å². The van der Waals surface area contributed by atoms with Gasteiger partial charge in [0.15, 0.2) is 0 Å². The van der Waals surface area contributed by atoms with Gasteiger partial charge in [-0.15, -0.1) is 0 Å². The van der Waals surface area contributed by atoms with Gasteiger partial charge in [-0.1, -0.05) is 12.1 Å². The van der Waals surface area contributed by atoms with Gasteiger partial charge in [-0.05, 0) is 44.0 Å². The average Bonchev–Trinajstić information content (AvgIpc) is 2.67. The number of piperidine rings is 1. The Labute approximate surface area is 154 Å². The van der Waals surface area contributed by atoms with Crippen molar-refractivity contribution in [2.75, 3.05) is 39.8 Å². The van der Waals surface area contributed by atoms with Gasteiger partial charge in [0, 0.05) is 20.1 Å². The number of carbonyl (C=O) groups excluding carboxylic acids is 1. The molecule has 0 radical (unpaired) electrons. The second-order valence-electron chi connectivity index (χ2n) is 6.90. The lowest BCUT2D eigenvalue weighted by molar-refractivity contribution is 0.145. The highest BCUT2D eigenvalue weighted by molar-refractivity contribution is 5.75. The lowest BCUT2D eigenvalue weighted by Crippen LogP contribution is -2.43. The van der Waals surface area contributed by atoms with E-state index in [0.29, 0.717) is 19.0 Å². The van der Waals surface area contributed by atoms with Crippen molar-refractivity contribution in [1.29, 1.82) is 0 Å². The highest BCUT2D eigenvalue weighted by Crippen LogP contribution is 2.16. The van der Waals surface area contributed by atoms with E-state index < -0.39 is 0 Å². The second kappa shape index (κ2) is 8.91. The van der Waals surface area contributed by atoms with Gasteiger partial charge < -0.3 is 20.2 Å². The minimum absolute atomic E-state index is 0.0854. The number of amides is 2. The topological polar surface area (TPSA) is 81.6 Å². The molecule has 0 aliphatic carbocycles. The van der Waals surface area contributed by atoms with Crippen molar-refractivity contribution < 1.29 is 9.90 Å². The number of nitrogens with one attached hydrogen (secondary N) is 1. The Morgan fingerprint density at radius 1 is 1.31 bits per heavy atom. The maximum atomic E-state index is 12.3. The monoisotopic (exact) mass is 357 g/mol. The van der Waals surface area contributed by atoms with Crippen molar-refractivity contribution in [3.05, 3.63) is 36.2 Å². The summed E-state index contributed by atoms with van der Waals surface area (Å²) in [6.07, 6.45) is 3.84. The quantitative estimate of drug-likeness (QED) is 0.818. The van der Waals surface area contributed by atoms with Crippen LogP contribution in [0.3, 0.4) is 0 Å². The number of aliphatic hydroxyl groups is 1. The fourth-order valence-electron chi connectivity index (χ4n) is 3.31. The van der Waals surface area contributed by atoms with Crippen LogP contribution in [0.5, 0.6) is 0 Å². The average molecular weight is 357 g/mol. The summed E-state index contributed by atoms with van der Waals surface area (Å²) in [6, 6.07) is 7.63. The predicted octanol–water partition coefficient (Wildman–Crippen LogP) is 1.48. The molecule has 2 amide bonds. The summed E-state index contributed by atoms with van der Waals surface area (Å²) in [5.74, 6) is 0.503. The third-order valence-corrected chi connectivity index (χ3v) is 4.91. The van der Waals surface area contributed by atoms with Crippen LogP contribution in [0, 0.1) is 5.92 Å². The minimum atomic E-state index is -0.0854. The predicted molar refractivity (Wildman–Crippen MR) is 101 cm³/mol. The van der Waals surface area contributed by atoms with Crippen LogP contribution in [0.4, 0.5) is 4.79 Å². The number of nitrogens with zero attached hydrogens (tertiary/aromatic N) is 4. The lowest BCUT2D eigenvalue weighted by Gasteiger charge is -2.31. The van der Waals surface area contributed by atoms with E-state index in [2.05, 4.69) is 20.2 Å². The molecule has 0 saturated carbocycles. The van der Waals surface area contributed by atoms with E-state index in [1.54, 1.807) is 18.1 Å². The number of likely N-dealkylation sites (tertiary alicyclic amines) is 1. The highest BCUT2D eigenvalue weighted by atomic mass is 16.3. The summed E-state index contributed by atoms with van der Waals surface area (Å²) in [6.45, 7) is 4.06. The van der Waals surface area contributed by atoms with Gasteiger partial charge >= 0.3 is 6.03 Å². The first kappa shape index (κ1) is 18.5. The molecular formula is C19H27N5O2. The molecular weight excluding hydrogens is 330 g/mol. The van der Waals surface area contributed by atoms with Crippen LogP contribution in [0.1, 0.15) is 18.5 Å². The highest BCUT2D eigenvalue weighted by Gasteiger charge is 2.20. The van der Waals surface area contributed by atoms with Gasteiger partial charge in [-0.3, -0.25) is 4.98 Å². The standard InChI is InChI=1S/C19H27N5O2/c1-23(14-16-13-20-17-4-2-3-5-18(17)22-16)19(26)21-12-15-6-8-24(9-7-15)10-11-25/h2-5,13,15,25H,6-12,14H2,1H3,(H,21,26). The molecule has 7 heteroatoms. The van der Waals surface area contributed by atoms with E-state index >= 15 is 0 Å². The Morgan fingerprint density at radius 3 is 2.77 bits per heavy atom. The summed E-state index contributed by atoms with van der Waals surface area (Å²) in [4.78, 5) is 25.2. The van der Waals surface area contributed by atoms with Gasteiger partial charge in [0.05, 0.1) is 36.1 Å². The van der Waals surface area contributed by atoms with Crippen molar-refractivity contribution in [2.45, 2.75) is 19.4 Å². The summed E-state index contributed by atoms with van der Waals surface area (Å²) in [5, 5.41) is 12.0. The first-order chi connectivity index (χ1) is 12.7. The smallest absolute Gasteiger partial charge is 0.317 e. The molecule has 7 nitrogen and oxygen atoms in total. The number of carbonyl (C=O) groups is 1. The Morgan fingerprint density at radius 2 is 2.04 bits per heavy atom.